The number of hydrogen-bond acceptors (Lipinski definition) is 5. The van der Waals surface area contributed by atoms with Crippen molar-refractivity contribution in [1.82, 2.24) is 9.80 Å². The van der Waals surface area contributed by atoms with Crippen molar-refractivity contribution in [2.45, 2.75) is 6.18 Å². The molecule has 6 nitrogen and oxygen atoms in total. The fourth-order valence-electron chi connectivity index (χ4n) is 4.23. The molecule has 36 heavy (non-hydrogen) atoms. The predicted octanol–water partition coefficient (Wildman–Crippen LogP) is 5.50. The minimum absolute atomic E-state index is 0.00259. The molecule has 5 rings (SSSR count). The number of piperazine rings is 1. The number of methoxy groups -OCH3 is 1. The molecule has 186 valence electrons. The van der Waals surface area contributed by atoms with Gasteiger partial charge in [-0.1, -0.05) is 12.1 Å². The number of fused-ring (bicyclic) bond motifs is 2. The summed E-state index contributed by atoms with van der Waals surface area (Å²) in [6.45, 7) is 1.26. The Labute approximate surface area is 204 Å². The van der Waals surface area contributed by atoms with Gasteiger partial charge in [0.1, 0.15) is 28.8 Å². The van der Waals surface area contributed by atoms with Gasteiger partial charge in [-0.15, -0.1) is 0 Å². The van der Waals surface area contributed by atoms with Crippen molar-refractivity contribution in [2.24, 2.45) is 4.99 Å². The lowest BCUT2D eigenvalue weighted by Gasteiger charge is -2.36. The second-order valence-corrected chi connectivity index (χ2v) is 8.34. The third-order valence-corrected chi connectivity index (χ3v) is 6.13. The fourth-order valence-corrected chi connectivity index (χ4v) is 4.23. The molecule has 0 unspecified atom stereocenters. The first-order valence-corrected chi connectivity index (χ1v) is 11.2. The van der Waals surface area contributed by atoms with Crippen molar-refractivity contribution >= 4 is 17.4 Å². The molecule has 3 aromatic carbocycles. The van der Waals surface area contributed by atoms with E-state index in [1.807, 2.05) is 4.90 Å². The van der Waals surface area contributed by atoms with Crippen molar-refractivity contribution in [3.05, 3.63) is 83.2 Å². The van der Waals surface area contributed by atoms with Gasteiger partial charge in [0.15, 0.2) is 5.75 Å². The molecule has 0 N–H and O–H groups in total. The molecular formula is C26H21F4N3O3. The summed E-state index contributed by atoms with van der Waals surface area (Å²) >= 11 is 0. The first kappa shape index (κ1) is 23.7. The fraction of sp³-hybridized carbons (Fsp3) is 0.231. The molecule has 0 spiro atoms. The van der Waals surface area contributed by atoms with E-state index >= 15 is 0 Å². The maximum atomic E-state index is 14.1. The van der Waals surface area contributed by atoms with E-state index in [-0.39, 0.29) is 30.1 Å². The molecule has 2 aliphatic rings. The van der Waals surface area contributed by atoms with Gasteiger partial charge in [0.2, 0.25) is 0 Å². The van der Waals surface area contributed by atoms with Crippen LogP contribution in [-0.4, -0.2) is 54.8 Å². The first-order chi connectivity index (χ1) is 17.2. The van der Waals surface area contributed by atoms with Crippen LogP contribution in [0.2, 0.25) is 0 Å². The molecule has 2 aliphatic heterocycles. The van der Waals surface area contributed by atoms with Crippen LogP contribution in [0.1, 0.15) is 21.5 Å². The highest BCUT2D eigenvalue weighted by Crippen LogP contribution is 2.42. The van der Waals surface area contributed by atoms with Crippen molar-refractivity contribution in [3.8, 4) is 17.2 Å². The smallest absolute Gasteiger partial charge is 0.416 e. The van der Waals surface area contributed by atoms with Crippen LogP contribution in [0.25, 0.3) is 0 Å². The number of ether oxygens (including phenoxy) is 2. The summed E-state index contributed by atoms with van der Waals surface area (Å²) in [4.78, 5) is 20.8. The Balaban J connectivity index is 1.48. The summed E-state index contributed by atoms with van der Waals surface area (Å²) in [6, 6.07) is 14.1. The van der Waals surface area contributed by atoms with Crippen LogP contribution < -0.4 is 9.47 Å². The molecule has 0 aliphatic carbocycles. The van der Waals surface area contributed by atoms with Gasteiger partial charge in [-0.25, -0.2) is 9.38 Å². The standard InChI is InChI=1S/C26H21F4N3O3/c1-35-17-7-8-19-23(15-17)36-22-9-6-16(26(28,29)30)14-21(22)31-24(19)32-10-12-33(13-11-32)25(34)18-4-2-3-5-20(18)27/h2-9,14-15H,10-13H2,1H3. The summed E-state index contributed by atoms with van der Waals surface area (Å²) in [6.07, 6.45) is -4.54. The summed E-state index contributed by atoms with van der Waals surface area (Å²) in [5.74, 6) is 0.504. The summed E-state index contributed by atoms with van der Waals surface area (Å²) < 4.78 is 65.5. The van der Waals surface area contributed by atoms with E-state index < -0.39 is 23.5 Å². The Kier molecular flexibility index (Phi) is 6.03. The summed E-state index contributed by atoms with van der Waals surface area (Å²) in [5, 5.41) is 0. The third-order valence-electron chi connectivity index (χ3n) is 6.13. The number of alkyl halides is 3. The highest BCUT2D eigenvalue weighted by molar-refractivity contribution is 6.04. The highest BCUT2D eigenvalue weighted by Gasteiger charge is 2.33. The number of hydrogen-bond donors (Lipinski definition) is 0. The Hall–Kier alpha value is -4.08. The zero-order valence-corrected chi connectivity index (χ0v) is 19.2. The summed E-state index contributed by atoms with van der Waals surface area (Å²) in [5.41, 5.74) is -0.219. The van der Waals surface area contributed by atoms with Crippen LogP contribution in [0.4, 0.5) is 23.2 Å². The van der Waals surface area contributed by atoms with Crippen molar-refractivity contribution in [3.63, 3.8) is 0 Å². The topological polar surface area (TPSA) is 54.4 Å². The van der Waals surface area contributed by atoms with Gasteiger partial charge in [0, 0.05) is 32.2 Å². The molecule has 10 heteroatoms. The van der Waals surface area contributed by atoms with Gasteiger partial charge in [-0.05, 0) is 42.5 Å². The monoisotopic (exact) mass is 499 g/mol. The first-order valence-electron chi connectivity index (χ1n) is 11.2. The number of amides is 1. The van der Waals surface area contributed by atoms with Crippen molar-refractivity contribution in [2.75, 3.05) is 33.3 Å². The molecule has 0 aromatic heterocycles. The molecular weight excluding hydrogens is 478 g/mol. The molecule has 0 radical (unpaired) electrons. The molecule has 3 aromatic rings. The zero-order valence-electron chi connectivity index (χ0n) is 19.2. The van der Waals surface area contributed by atoms with Gasteiger partial charge in [-0.2, -0.15) is 13.2 Å². The number of rotatable bonds is 2. The number of nitrogens with zero attached hydrogens (tertiary/aromatic N) is 3. The van der Waals surface area contributed by atoms with E-state index in [4.69, 9.17) is 9.47 Å². The lowest BCUT2D eigenvalue weighted by molar-refractivity contribution is -0.137. The zero-order chi connectivity index (χ0) is 25.4. The van der Waals surface area contributed by atoms with Crippen LogP contribution in [0.5, 0.6) is 17.2 Å². The van der Waals surface area contributed by atoms with E-state index in [1.54, 1.807) is 29.2 Å². The van der Waals surface area contributed by atoms with E-state index in [0.29, 0.717) is 36.0 Å². The molecule has 1 amide bonds. The van der Waals surface area contributed by atoms with Crippen LogP contribution in [-0.2, 0) is 6.18 Å². The average Bonchev–Trinajstić information content (AvgIpc) is 3.04. The molecule has 0 bridgehead atoms. The lowest BCUT2D eigenvalue weighted by atomic mass is 10.1. The normalized spacial score (nSPS) is 15.3. The van der Waals surface area contributed by atoms with Crippen LogP contribution in [0, 0.1) is 5.82 Å². The van der Waals surface area contributed by atoms with E-state index in [9.17, 15) is 22.4 Å². The minimum Gasteiger partial charge on any atom is -0.497 e. The largest absolute Gasteiger partial charge is 0.497 e. The Bertz CT molecular complexity index is 1350. The van der Waals surface area contributed by atoms with E-state index in [0.717, 1.165) is 12.1 Å². The van der Waals surface area contributed by atoms with E-state index in [1.165, 1.54) is 31.4 Å². The third kappa shape index (κ3) is 4.46. The SMILES string of the molecule is COc1ccc2c(c1)Oc1ccc(C(F)(F)F)cc1N=C2N1CCN(C(=O)c2ccccc2F)CC1. The highest BCUT2D eigenvalue weighted by atomic mass is 19.4. The van der Waals surface area contributed by atoms with Crippen LogP contribution in [0.3, 0.4) is 0 Å². The van der Waals surface area contributed by atoms with Gasteiger partial charge in [0.25, 0.3) is 5.91 Å². The van der Waals surface area contributed by atoms with Crippen molar-refractivity contribution in [1.29, 1.82) is 0 Å². The van der Waals surface area contributed by atoms with Gasteiger partial charge in [-0.3, -0.25) is 4.79 Å². The summed E-state index contributed by atoms with van der Waals surface area (Å²) in [7, 11) is 1.50. The van der Waals surface area contributed by atoms with Gasteiger partial charge in [0.05, 0.1) is 23.8 Å². The predicted molar refractivity (Wildman–Crippen MR) is 125 cm³/mol. The Morgan fingerprint density at radius 1 is 0.972 bits per heavy atom. The average molecular weight is 499 g/mol. The van der Waals surface area contributed by atoms with Crippen LogP contribution in [0.15, 0.2) is 65.7 Å². The number of carbonyl (C=O) groups excluding carboxylic acids is 1. The Morgan fingerprint density at radius 3 is 2.42 bits per heavy atom. The number of aliphatic imine (C=N–C) groups is 1. The second-order valence-electron chi connectivity index (χ2n) is 8.34. The maximum absolute atomic E-state index is 14.1. The Morgan fingerprint density at radius 2 is 1.72 bits per heavy atom. The van der Waals surface area contributed by atoms with Crippen molar-refractivity contribution < 1.29 is 31.8 Å². The number of carbonyl (C=O) groups is 1. The molecule has 1 saturated heterocycles. The molecule has 0 atom stereocenters. The minimum atomic E-state index is -4.54. The van der Waals surface area contributed by atoms with Crippen LogP contribution >= 0.6 is 0 Å². The quantitative estimate of drug-likeness (QED) is 0.438. The number of amidine groups is 1. The lowest BCUT2D eigenvalue weighted by Crippen LogP contribution is -2.51. The molecule has 2 heterocycles. The van der Waals surface area contributed by atoms with Gasteiger partial charge < -0.3 is 19.3 Å². The number of benzene rings is 3. The second kappa shape index (κ2) is 9.18. The molecule has 1 fully saturated rings. The maximum Gasteiger partial charge on any atom is 0.416 e. The van der Waals surface area contributed by atoms with E-state index in [2.05, 4.69) is 4.99 Å². The molecule has 0 saturated carbocycles. The van der Waals surface area contributed by atoms with Gasteiger partial charge >= 0.3 is 6.18 Å². The number of halogens is 4.